The summed E-state index contributed by atoms with van der Waals surface area (Å²) in [5.41, 5.74) is 1.56. The maximum atomic E-state index is 12.1. The van der Waals surface area contributed by atoms with Crippen LogP contribution in [0.5, 0.6) is 5.75 Å². The van der Waals surface area contributed by atoms with Crippen molar-refractivity contribution in [2.24, 2.45) is 0 Å². The normalized spacial score (nSPS) is 10.5. The van der Waals surface area contributed by atoms with Crippen molar-refractivity contribution in [3.05, 3.63) is 47.0 Å². The van der Waals surface area contributed by atoms with Crippen LogP contribution >= 0.6 is 11.3 Å². The number of aromatic nitrogens is 2. The van der Waals surface area contributed by atoms with Crippen LogP contribution < -0.4 is 10.1 Å². The lowest BCUT2D eigenvalue weighted by Gasteiger charge is -2.10. The molecule has 0 aliphatic carbocycles. The Morgan fingerprint density at radius 2 is 2.17 bits per heavy atom. The molecule has 2 aromatic heterocycles. The first kappa shape index (κ1) is 16.2. The average Bonchev–Trinajstić information content (AvgIpc) is 3.26. The van der Waals surface area contributed by atoms with Gasteiger partial charge in [0.2, 0.25) is 17.7 Å². The van der Waals surface area contributed by atoms with Crippen molar-refractivity contribution in [2.75, 3.05) is 11.9 Å². The molecule has 1 N–H and O–H groups in total. The van der Waals surface area contributed by atoms with E-state index in [4.69, 9.17) is 9.15 Å². The maximum Gasteiger partial charge on any atom is 0.248 e. The predicted molar refractivity (Wildman–Crippen MR) is 92.2 cm³/mol. The molecule has 1 aromatic carbocycles. The van der Waals surface area contributed by atoms with Crippen LogP contribution in [-0.4, -0.2) is 22.7 Å². The van der Waals surface area contributed by atoms with Gasteiger partial charge in [0.25, 0.3) is 0 Å². The number of aryl methyl sites for hydroxylation is 1. The van der Waals surface area contributed by atoms with Gasteiger partial charge in [-0.3, -0.25) is 4.79 Å². The van der Waals surface area contributed by atoms with Crippen molar-refractivity contribution in [3.63, 3.8) is 0 Å². The molecule has 0 fully saturated rings. The molecule has 2 heterocycles. The van der Waals surface area contributed by atoms with Crippen LogP contribution in [0, 0.1) is 0 Å². The van der Waals surface area contributed by atoms with E-state index in [1.165, 1.54) is 0 Å². The fourth-order valence-electron chi connectivity index (χ4n) is 2.14. The lowest BCUT2D eigenvalue weighted by atomic mass is 10.2. The lowest BCUT2D eigenvalue weighted by molar-refractivity contribution is -0.116. The molecule has 0 bridgehead atoms. The predicted octanol–water partition coefficient (Wildman–Crippen LogP) is 3.77. The summed E-state index contributed by atoms with van der Waals surface area (Å²) >= 11 is 1.56. The summed E-state index contributed by atoms with van der Waals surface area (Å²) < 4.78 is 11.1. The SMILES string of the molecule is CCOc1ccccc1NC(=O)CCc1nnc(-c2ccsc2)o1. The Bertz CT molecular complexity index is 799. The number of amides is 1. The van der Waals surface area contributed by atoms with Gasteiger partial charge in [-0.05, 0) is 30.5 Å². The molecule has 0 aliphatic rings. The Labute approximate surface area is 143 Å². The number of carbonyl (C=O) groups is 1. The number of hydrogen-bond donors (Lipinski definition) is 1. The van der Waals surface area contributed by atoms with Crippen molar-refractivity contribution in [2.45, 2.75) is 19.8 Å². The van der Waals surface area contributed by atoms with Gasteiger partial charge in [-0.2, -0.15) is 11.3 Å². The van der Waals surface area contributed by atoms with E-state index < -0.39 is 0 Å². The Hall–Kier alpha value is -2.67. The van der Waals surface area contributed by atoms with Crippen molar-refractivity contribution in [3.8, 4) is 17.2 Å². The summed E-state index contributed by atoms with van der Waals surface area (Å²) in [7, 11) is 0. The topological polar surface area (TPSA) is 77.2 Å². The minimum atomic E-state index is -0.127. The number of nitrogens with one attached hydrogen (secondary N) is 1. The summed E-state index contributed by atoms with van der Waals surface area (Å²) in [5, 5.41) is 14.7. The smallest absolute Gasteiger partial charge is 0.248 e. The highest BCUT2D eigenvalue weighted by Gasteiger charge is 2.12. The molecule has 124 valence electrons. The van der Waals surface area contributed by atoms with Crippen molar-refractivity contribution < 1.29 is 13.9 Å². The third-order valence-electron chi connectivity index (χ3n) is 3.26. The second-order valence-corrected chi connectivity index (χ2v) is 5.77. The first-order valence-electron chi connectivity index (χ1n) is 7.63. The fraction of sp³-hybridized carbons (Fsp3) is 0.235. The number of ether oxygens (including phenoxy) is 1. The van der Waals surface area contributed by atoms with Gasteiger partial charge < -0.3 is 14.5 Å². The Morgan fingerprint density at radius 1 is 1.29 bits per heavy atom. The zero-order valence-electron chi connectivity index (χ0n) is 13.2. The molecule has 0 atom stereocenters. The Balaban J connectivity index is 1.56. The van der Waals surface area contributed by atoms with Gasteiger partial charge in [0.05, 0.1) is 12.3 Å². The first-order chi connectivity index (χ1) is 11.8. The molecule has 0 aliphatic heterocycles. The van der Waals surface area contributed by atoms with Crippen LogP contribution in [-0.2, 0) is 11.2 Å². The van der Waals surface area contributed by atoms with Crippen LogP contribution in [0.2, 0.25) is 0 Å². The molecule has 0 radical (unpaired) electrons. The first-order valence-corrected chi connectivity index (χ1v) is 8.57. The van der Waals surface area contributed by atoms with E-state index in [0.717, 1.165) is 5.56 Å². The van der Waals surface area contributed by atoms with E-state index >= 15 is 0 Å². The summed E-state index contributed by atoms with van der Waals surface area (Å²) in [5.74, 6) is 1.46. The highest BCUT2D eigenvalue weighted by Crippen LogP contribution is 2.24. The monoisotopic (exact) mass is 343 g/mol. The van der Waals surface area contributed by atoms with E-state index in [0.29, 0.717) is 36.2 Å². The number of nitrogens with zero attached hydrogens (tertiary/aromatic N) is 2. The number of carbonyl (C=O) groups excluding carboxylic acids is 1. The quantitative estimate of drug-likeness (QED) is 0.706. The molecule has 3 aromatic rings. The van der Waals surface area contributed by atoms with Crippen LogP contribution in [0.3, 0.4) is 0 Å². The molecule has 0 unspecified atom stereocenters. The van der Waals surface area contributed by atoms with E-state index in [2.05, 4.69) is 15.5 Å². The average molecular weight is 343 g/mol. The Kier molecular flexibility index (Phi) is 5.22. The van der Waals surface area contributed by atoms with Gasteiger partial charge in [-0.15, -0.1) is 10.2 Å². The minimum absolute atomic E-state index is 0.127. The zero-order valence-corrected chi connectivity index (χ0v) is 14.0. The molecule has 0 saturated carbocycles. The van der Waals surface area contributed by atoms with E-state index in [1.54, 1.807) is 11.3 Å². The fourth-order valence-corrected chi connectivity index (χ4v) is 2.77. The second kappa shape index (κ2) is 7.74. The van der Waals surface area contributed by atoms with Gasteiger partial charge in [-0.25, -0.2) is 0 Å². The number of anilines is 1. The lowest BCUT2D eigenvalue weighted by Crippen LogP contribution is -2.13. The van der Waals surface area contributed by atoms with Crippen molar-refractivity contribution >= 4 is 22.9 Å². The summed E-state index contributed by atoms with van der Waals surface area (Å²) in [4.78, 5) is 12.1. The van der Waals surface area contributed by atoms with Crippen LogP contribution in [0.4, 0.5) is 5.69 Å². The van der Waals surface area contributed by atoms with E-state index in [-0.39, 0.29) is 12.3 Å². The molecule has 1 amide bonds. The van der Waals surface area contributed by atoms with Gasteiger partial charge in [0, 0.05) is 23.8 Å². The van der Waals surface area contributed by atoms with Crippen molar-refractivity contribution in [1.29, 1.82) is 0 Å². The molecule has 0 spiro atoms. The largest absolute Gasteiger partial charge is 0.492 e. The summed E-state index contributed by atoms with van der Waals surface area (Å²) in [6, 6.07) is 9.27. The van der Waals surface area contributed by atoms with Crippen LogP contribution in [0.1, 0.15) is 19.2 Å². The number of benzene rings is 1. The molecule has 7 heteroatoms. The third kappa shape index (κ3) is 3.99. The highest BCUT2D eigenvalue weighted by molar-refractivity contribution is 7.08. The van der Waals surface area contributed by atoms with Gasteiger partial charge in [-0.1, -0.05) is 12.1 Å². The van der Waals surface area contributed by atoms with E-state index in [1.807, 2.05) is 48.0 Å². The summed E-state index contributed by atoms with van der Waals surface area (Å²) in [6.07, 6.45) is 0.644. The standard InChI is InChI=1S/C17H17N3O3S/c1-2-22-14-6-4-3-5-13(14)18-15(21)7-8-16-19-20-17(23-16)12-9-10-24-11-12/h3-6,9-11H,2,7-8H2,1H3,(H,18,21). The highest BCUT2D eigenvalue weighted by atomic mass is 32.1. The number of rotatable bonds is 7. The number of thiophene rings is 1. The molecule has 0 saturated heterocycles. The summed E-state index contributed by atoms with van der Waals surface area (Å²) in [6.45, 7) is 2.44. The van der Waals surface area contributed by atoms with Crippen LogP contribution in [0.15, 0.2) is 45.5 Å². The molecule has 24 heavy (non-hydrogen) atoms. The van der Waals surface area contributed by atoms with Gasteiger partial charge >= 0.3 is 0 Å². The molecular weight excluding hydrogens is 326 g/mol. The van der Waals surface area contributed by atoms with Crippen LogP contribution in [0.25, 0.3) is 11.5 Å². The van der Waals surface area contributed by atoms with Gasteiger partial charge in [0.15, 0.2) is 0 Å². The third-order valence-corrected chi connectivity index (χ3v) is 3.95. The van der Waals surface area contributed by atoms with Gasteiger partial charge in [0.1, 0.15) is 5.75 Å². The molecular formula is C17H17N3O3S. The van der Waals surface area contributed by atoms with Crippen molar-refractivity contribution in [1.82, 2.24) is 10.2 Å². The molecule has 6 nitrogen and oxygen atoms in total. The zero-order chi connectivity index (χ0) is 16.8. The maximum absolute atomic E-state index is 12.1. The number of hydrogen-bond acceptors (Lipinski definition) is 6. The number of para-hydroxylation sites is 2. The minimum Gasteiger partial charge on any atom is -0.492 e. The van der Waals surface area contributed by atoms with E-state index in [9.17, 15) is 4.79 Å². The Morgan fingerprint density at radius 3 is 2.96 bits per heavy atom. The molecule has 3 rings (SSSR count). The second-order valence-electron chi connectivity index (χ2n) is 4.99.